The molecule has 1 aliphatic heterocycles. The van der Waals surface area contributed by atoms with Gasteiger partial charge in [0.1, 0.15) is 0 Å². The van der Waals surface area contributed by atoms with Gasteiger partial charge in [-0.1, -0.05) is 24.1 Å². The number of rotatable bonds is 3. The van der Waals surface area contributed by atoms with Crippen LogP contribution in [-0.4, -0.2) is 31.9 Å². The van der Waals surface area contributed by atoms with Crippen molar-refractivity contribution in [1.82, 2.24) is 4.31 Å². The lowest BCUT2D eigenvalue weighted by atomic mass is 10.1. The highest BCUT2D eigenvalue weighted by molar-refractivity contribution is 7.89. The first-order valence-corrected chi connectivity index (χ1v) is 7.85. The Morgan fingerprint density at radius 1 is 1.39 bits per heavy atom. The molecule has 18 heavy (non-hydrogen) atoms. The van der Waals surface area contributed by atoms with Crippen molar-refractivity contribution in [2.45, 2.75) is 30.2 Å². The Balaban J connectivity index is 2.35. The van der Waals surface area contributed by atoms with Gasteiger partial charge >= 0.3 is 0 Å². The number of piperidine rings is 1. The predicted molar refractivity (Wildman–Crippen MR) is 72.0 cm³/mol. The van der Waals surface area contributed by atoms with Crippen molar-refractivity contribution in [1.29, 1.82) is 0 Å². The first-order valence-electron chi connectivity index (χ1n) is 6.03. The molecule has 6 heteroatoms. The van der Waals surface area contributed by atoms with E-state index in [0.717, 1.165) is 19.3 Å². The highest BCUT2D eigenvalue weighted by Gasteiger charge is 2.32. The fourth-order valence-electron chi connectivity index (χ4n) is 2.29. The fraction of sp³-hybridized carbons (Fsp3) is 0.500. The average molecular weight is 289 g/mol. The van der Waals surface area contributed by atoms with Gasteiger partial charge in [0.05, 0.1) is 4.90 Å². The van der Waals surface area contributed by atoms with Crippen molar-refractivity contribution < 1.29 is 8.42 Å². The van der Waals surface area contributed by atoms with Crippen LogP contribution in [0.25, 0.3) is 0 Å². The van der Waals surface area contributed by atoms with E-state index in [1.165, 1.54) is 10.4 Å². The molecule has 1 saturated heterocycles. The van der Waals surface area contributed by atoms with Gasteiger partial charge in [0.15, 0.2) is 0 Å². The van der Waals surface area contributed by atoms with E-state index in [1.807, 2.05) is 0 Å². The van der Waals surface area contributed by atoms with Crippen molar-refractivity contribution in [3.63, 3.8) is 0 Å². The Morgan fingerprint density at radius 2 is 2.17 bits per heavy atom. The van der Waals surface area contributed by atoms with Crippen LogP contribution in [0.2, 0.25) is 5.02 Å². The van der Waals surface area contributed by atoms with E-state index < -0.39 is 10.0 Å². The molecule has 0 bridgehead atoms. The lowest BCUT2D eigenvalue weighted by molar-refractivity contribution is 0.257. The van der Waals surface area contributed by atoms with Crippen molar-refractivity contribution in [2.75, 3.05) is 13.1 Å². The quantitative estimate of drug-likeness (QED) is 0.923. The molecule has 1 atom stereocenters. The standard InChI is InChI=1S/C12H17ClN2O2S/c13-10-4-3-6-12(8-10)18(16,17)15-7-2-1-5-11(15)9-14/h3-4,6,8,11H,1-2,5,7,9,14H2/t11-/m1/s1. The molecule has 0 amide bonds. The Hall–Kier alpha value is -0.620. The highest BCUT2D eigenvalue weighted by atomic mass is 35.5. The third-order valence-corrected chi connectivity index (χ3v) is 5.43. The van der Waals surface area contributed by atoms with Gasteiger partial charge in [-0.15, -0.1) is 0 Å². The second kappa shape index (κ2) is 5.57. The van der Waals surface area contributed by atoms with Gasteiger partial charge in [0.2, 0.25) is 10.0 Å². The maximum absolute atomic E-state index is 12.5. The number of nitrogens with two attached hydrogens (primary N) is 1. The summed E-state index contributed by atoms with van der Waals surface area (Å²) in [6, 6.07) is 6.28. The largest absolute Gasteiger partial charge is 0.329 e. The smallest absolute Gasteiger partial charge is 0.243 e. The first-order chi connectivity index (χ1) is 8.55. The van der Waals surface area contributed by atoms with E-state index in [9.17, 15) is 8.42 Å². The lowest BCUT2D eigenvalue weighted by Crippen LogP contribution is -2.47. The molecule has 0 aromatic heterocycles. The molecule has 1 aromatic carbocycles. The number of sulfonamides is 1. The van der Waals surface area contributed by atoms with Gasteiger partial charge in [-0.2, -0.15) is 4.31 Å². The molecule has 0 saturated carbocycles. The third-order valence-electron chi connectivity index (χ3n) is 3.25. The first kappa shape index (κ1) is 13.8. The summed E-state index contributed by atoms with van der Waals surface area (Å²) in [4.78, 5) is 0.246. The normalized spacial score (nSPS) is 22.0. The van der Waals surface area contributed by atoms with Crippen molar-refractivity contribution in [3.8, 4) is 0 Å². The monoisotopic (exact) mass is 288 g/mol. The molecule has 4 nitrogen and oxygen atoms in total. The number of benzene rings is 1. The highest BCUT2D eigenvalue weighted by Crippen LogP contribution is 2.26. The van der Waals surface area contributed by atoms with Crippen molar-refractivity contribution >= 4 is 21.6 Å². The zero-order valence-electron chi connectivity index (χ0n) is 10.0. The summed E-state index contributed by atoms with van der Waals surface area (Å²) >= 11 is 5.85. The average Bonchev–Trinajstić information content (AvgIpc) is 2.38. The van der Waals surface area contributed by atoms with E-state index >= 15 is 0 Å². The molecule has 1 fully saturated rings. The van der Waals surface area contributed by atoms with Crippen molar-refractivity contribution in [3.05, 3.63) is 29.3 Å². The third kappa shape index (κ3) is 2.69. The Bertz CT molecular complexity index is 519. The summed E-state index contributed by atoms with van der Waals surface area (Å²) in [7, 11) is -3.48. The minimum absolute atomic E-state index is 0.0947. The maximum Gasteiger partial charge on any atom is 0.243 e. The van der Waals surface area contributed by atoms with Crippen LogP contribution in [0.1, 0.15) is 19.3 Å². The molecule has 1 heterocycles. The van der Waals surface area contributed by atoms with Crippen LogP contribution in [-0.2, 0) is 10.0 Å². The molecule has 0 radical (unpaired) electrons. The zero-order valence-corrected chi connectivity index (χ0v) is 11.6. The summed E-state index contributed by atoms with van der Waals surface area (Å²) in [5.74, 6) is 0. The molecule has 0 unspecified atom stereocenters. The lowest BCUT2D eigenvalue weighted by Gasteiger charge is -2.33. The van der Waals surface area contributed by atoms with E-state index in [4.69, 9.17) is 17.3 Å². The second-order valence-corrected chi connectivity index (χ2v) is 6.79. The summed E-state index contributed by atoms with van der Waals surface area (Å²) in [5.41, 5.74) is 5.67. The van der Waals surface area contributed by atoms with Crippen LogP contribution in [0, 0.1) is 0 Å². The number of nitrogens with zero attached hydrogens (tertiary/aromatic N) is 1. The van der Waals surface area contributed by atoms with Gasteiger partial charge < -0.3 is 5.73 Å². The van der Waals surface area contributed by atoms with Crippen LogP contribution >= 0.6 is 11.6 Å². The van der Waals surface area contributed by atoms with Crippen LogP contribution in [0.3, 0.4) is 0 Å². The van der Waals surface area contributed by atoms with E-state index in [-0.39, 0.29) is 10.9 Å². The molecular formula is C12H17ClN2O2S. The number of halogens is 1. The number of hydrogen-bond donors (Lipinski definition) is 1. The second-order valence-electron chi connectivity index (χ2n) is 4.46. The molecule has 1 aromatic rings. The summed E-state index contributed by atoms with van der Waals surface area (Å²) in [6.45, 7) is 0.899. The Morgan fingerprint density at radius 3 is 2.83 bits per heavy atom. The molecule has 0 aliphatic carbocycles. The van der Waals surface area contributed by atoms with Crippen LogP contribution in [0.4, 0.5) is 0 Å². The van der Waals surface area contributed by atoms with Crippen LogP contribution < -0.4 is 5.73 Å². The minimum Gasteiger partial charge on any atom is -0.329 e. The van der Waals surface area contributed by atoms with Gasteiger partial charge in [-0.25, -0.2) is 8.42 Å². The summed E-state index contributed by atoms with van der Waals surface area (Å²) in [6.07, 6.45) is 2.75. The summed E-state index contributed by atoms with van der Waals surface area (Å²) in [5, 5.41) is 0.428. The van der Waals surface area contributed by atoms with E-state index in [2.05, 4.69) is 0 Å². The van der Waals surface area contributed by atoms with Crippen molar-refractivity contribution in [2.24, 2.45) is 5.73 Å². The Labute approximate surface area is 113 Å². The molecule has 1 aliphatic rings. The molecule has 2 N–H and O–H groups in total. The SMILES string of the molecule is NC[C@H]1CCCCN1S(=O)(=O)c1cccc(Cl)c1. The van der Waals surface area contributed by atoms with Crippen LogP contribution in [0.15, 0.2) is 29.2 Å². The van der Waals surface area contributed by atoms with E-state index in [1.54, 1.807) is 18.2 Å². The summed E-state index contributed by atoms with van der Waals surface area (Å²) < 4.78 is 26.6. The number of hydrogen-bond acceptors (Lipinski definition) is 3. The molecular weight excluding hydrogens is 272 g/mol. The van der Waals surface area contributed by atoms with Gasteiger partial charge in [0, 0.05) is 24.2 Å². The van der Waals surface area contributed by atoms with E-state index in [0.29, 0.717) is 18.1 Å². The molecule has 100 valence electrons. The van der Waals surface area contributed by atoms with Gasteiger partial charge in [0.25, 0.3) is 0 Å². The predicted octanol–water partition coefficient (Wildman–Crippen LogP) is 1.84. The maximum atomic E-state index is 12.5. The minimum atomic E-state index is -3.48. The Kier molecular flexibility index (Phi) is 4.27. The molecule has 0 spiro atoms. The zero-order chi connectivity index (χ0) is 13.2. The molecule has 2 rings (SSSR count). The van der Waals surface area contributed by atoms with Crippen LogP contribution in [0.5, 0.6) is 0 Å². The van der Waals surface area contributed by atoms with Gasteiger partial charge in [-0.3, -0.25) is 0 Å². The fourth-order valence-corrected chi connectivity index (χ4v) is 4.29. The topological polar surface area (TPSA) is 63.4 Å². The van der Waals surface area contributed by atoms with Gasteiger partial charge in [-0.05, 0) is 31.0 Å².